The second-order valence-electron chi connectivity index (χ2n) is 5.54. The van der Waals surface area contributed by atoms with Crippen molar-refractivity contribution in [1.82, 2.24) is 5.32 Å². The van der Waals surface area contributed by atoms with Crippen LogP contribution in [0.4, 0.5) is 0 Å². The Morgan fingerprint density at radius 2 is 2.00 bits per heavy atom. The third kappa shape index (κ3) is 6.39. The predicted molar refractivity (Wildman–Crippen MR) is 60.5 cm³/mol. The Morgan fingerprint density at radius 1 is 1.36 bits per heavy atom. The molecule has 0 radical (unpaired) electrons. The van der Waals surface area contributed by atoms with Crippen molar-refractivity contribution in [1.29, 1.82) is 0 Å². The molecule has 2 nitrogen and oxygen atoms in total. The average Bonchev–Trinajstić information content (AvgIpc) is 2.83. The lowest BCUT2D eigenvalue weighted by molar-refractivity contribution is 0.0576. The number of hydrogen-bond acceptors (Lipinski definition) is 2. The molecule has 1 atom stereocenters. The van der Waals surface area contributed by atoms with Crippen LogP contribution in [0.3, 0.4) is 0 Å². The van der Waals surface area contributed by atoms with Crippen molar-refractivity contribution < 1.29 is 4.74 Å². The molecule has 1 N–H and O–H groups in total. The van der Waals surface area contributed by atoms with Crippen molar-refractivity contribution >= 4 is 0 Å². The summed E-state index contributed by atoms with van der Waals surface area (Å²) in [6.07, 6.45) is 4.46. The first kappa shape index (κ1) is 12.0. The molecule has 84 valence electrons. The first-order valence-electron chi connectivity index (χ1n) is 5.84. The summed E-state index contributed by atoms with van der Waals surface area (Å²) in [5.41, 5.74) is 0.202. The first-order valence-corrected chi connectivity index (χ1v) is 5.84. The Bertz CT molecular complexity index is 158. The Morgan fingerprint density at radius 3 is 2.50 bits per heavy atom. The standard InChI is InChI=1S/C12H25NO/c1-10(9-13-12(2,3)4)14-8-7-11-5-6-11/h10-11,13H,5-9H2,1-4H3. The Hall–Kier alpha value is -0.0800. The fraction of sp³-hybridized carbons (Fsp3) is 1.00. The fourth-order valence-electron chi connectivity index (χ4n) is 1.35. The third-order valence-corrected chi connectivity index (χ3v) is 2.55. The van der Waals surface area contributed by atoms with Crippen LogP contribution < -0.4 is 5.32 Å². The highest BCUT2D eigenvalue weighted by molar-refractivity contribution is 4.74. The molecule has 0 saturated heterocycles. The van der Waals surface area contributed by atoms with Gasteiger partial charge in [-0.15, -0.1) is 0 Å². The lowest BCUT2D eigenvalue weighted by atomic mass is 10.1. The molecule has 1 unspecified atom stereocenters. The third-order valence-electron chi connectivity index (χ3n) is 2.55. The molecule has 0 aromatic heterocycles. The number of nitrogens with one attached hydrogen (secondary N) is 1. The van der Waals surface area contributed by atoms with Crippen LogP contribution in [0.2, 0.25) is 0 Å². The summed E-state index contributed by atoms with van der Waals surface area (Å²) in [7, 11) is 0. The van der Waals surface area contributed by atoms with Gasteiger partial charge >= 0.3 is 0 Å². The highest BCUT2D eigenvalue weighted by Gasteiger charge is 2.20. The summed E-state index contributed by atoms with van der Waals surface area (Å²) in [5, 5.41) is 3.45. The van der Waals surface area contributed by atoms with E-state index < -0.39 is 0 Å². The normalized spacial score (nSPS) is 19.7. The predicted octanol–water partition coefficient (Wildman–Crippen LogP) is 2.58. The molecule has 1 rings (SSSR count). The highest BCUT2D eigenvalue weighted by Crippen LogP contribution is 2.32. The minimum atomic E-state index is 0.202. The van der Waals surface area contributed by atoms with E-state index in [1.165, 1.54) is 19.3 Å². The van der Waals surface area contributed by atoms with Gasteiger partial charge < -0.3 is 10.1 Å². The second kappa shape index (κ2) is 5.13. The van der Waals surface area contributed by atoms with Crippen molar-refractivity contribution in [2.75, 3.05) is 13.2 Å². The van der Waals surface area contributed by atoms with Gasteiger partial charge in [0, 0.05) is 18.7 Å². The molecule has 0 bridgehead atoms. The minimum absolute atomic E-state index is 0.202. The maximum atomic E-state index is 5.73. The molecule has 14 heavy (non-hydrogen) atoms. The van der Waals surface area contributed by atoms with Crippen LogP contribution in [-0.2, 0) is 4.74 Å². The summed E-state index contributed by atoms with van der Waals surface area (Å²) in [5.74, 6) is 0.984. The lowest BCUT2D eigenvalue weighted by Crippen LogP contribution is -2.40. The fourth-order valence-corrected chi connectivity index (χ4v) is 1.35. The molecule has 0 aliphatic heterocycles. The van der Waals surface area contributed by atoms with Gasteiger partial charge in [-0.3, -0.25) is 0 Å². The molecule has 1 saturated carbocycles. The molecule has 0 aromatic rings. The van der Waals surface area contributed by atoms with E-state index in [0.29, 0.717) is 6.10 Å². The maximum Gasteiger partial charge on any atom is 0.0671 e. The van der Waals surface area contributed by atoms with Gasteiger partial charge in [0.25, 0.3) is 0 Å². The van der Waals surface area contributed by atoms with Crippen LogP contribution in [0, 0.1) is 5.92 Å². The summed E-state index contributed by atoms with van der Waals surface area (Å²) in [6.45, 7) is 10.6. The van der Waals surface area contributed by atoms with Crippen LogP contribution in [0.1, 0.15) is 47.0 Å². The smallest absolute Gasteiger partial charge is 0.0671 e. The quantitative estimate of drug-likeness (QED) is 0.710. The van der Waals surface area contributed by atoms with Gasteiger partial charge in [0.15, 0.2) is 0 Å². The summed E-state index contributed by atoms with van der Waals surface area (Å²) >= 11 is 0. The molecule has 0 aromatic carbocycles. The number of rotatable bonds is 6. The van der Waals surface area contributed by atoms with Gasteiger partial charge in [0.1, 0.15) is 0 Å². The van der Waals surface area contributed by atoms with Crippen LogP contribution >= 0.6 is 0 Å². The van der Waals surface area contributed by atoms with E-state index >= 15 is 0 Å². The Kier molecular flexibility index (Phi) is 4.39. The van der Waals surface area contributed by atoms with Crippen molar-refractivity contribution in [3.05, 3.63) is 0 Å². The van der Waals surface area contributed by atoms with Crippen molar-refractivity contribution in [2.24, 2.45) is 5.92 Å². The van der Waals surface area contributed by atoms with Crippen LogP contribution in [0.5, 0.6) is 0 Å². The Labute approximate surface area is 88.4 Å². The monoisotopic (exact) mass is 199 g/mol. The molecule has 1 fully saturated rings. The van der Waals surface area contributed by atoms with Gasteiger partial charge in [-0.25, -0.2) is 0 Å². The zero-order chi connectivity index (χ0) is 10.6. The van der Waals surface area contributed by atoms with Crippen LogP contribution in [-0.4, -0.2) is 24.8 Å². The molecular formula is C12H25NO. The van der Waals surface area contributed by atoms with Crippen LogP contribution in [0.25, 0.3) is 0 Å². The van der Waals surface area contributed by atoms with E-state index in [2.05, 4.69) is 33.0 Å². The zero-order valence-electron chi connectivity index (χ0n) is 10.1. The van der Waals surface area contributed by atoms with Gasteiger partial charge in [-0.2, -0.15) is 0 Å². The van der Waals surface area contributed by atoms with E-state index in [-0.39, 0.29) is 5.54 Å². The molecule has 0 heterocycles. The van der Waals surface area contributed by atoms with E-state index in [0.717, 1.165) is 19.1 Å². The topological polar surface area (TPSA) is 21.3 Å². The van der Waals surface area contributed by atoms with E-state index in [4.69, 9.17) is 4.74 Å². The summed E-state index contributed by atoms with van der Waals surface area (Å²) < 4.78 is 5.73. The van der Waals surface area contributed by atoms with Gasteiger partial charge in [0.2, 0.25) is 0 Å². The lowest BCUT2D eigenvalue weighted by Gasteiger charge is -2.23. The van der Waals surface area contributed by atoms with Crippen molar-refractivity contribution in [2.45, 2.75) is 58.6 Å². The molecule has 0 amide bonds. The van der Waals surface area contributed by atoms with E-state index in [1.54, 1.807) is 0 Å². The molecular weight excluding hydrogens is 174 g/mol. The van der Waals surface area contributed by atoms with E-state index in [1.807, 2.05) is 0 Å². The van der Waals surface area contributed by atoms with Crippen molar-refractivity contribution in [3.63, 3.8) is 0 Å². The molecule has 1 aliphatic rings. The highest BCUT2D eigenvalue weighted by atomic mass is 16.5. The van der Waals surface area contributed by atoms with E-state index in [9.17, 15) is 0 Å². The largest absolute Gasteiger partial charge is 0.377 e. The number of ether oxygens (including phenoxy) is 1. The minimum Gasteiger partial charge on any atom is -0.377 e. The summed E-state index contributed by atoms with van der Waals surface area (Å²) in [4.78, 5) is 0. The zero-order valence-corrected chi connectivity index (χ0v) is 10.1. The number of hydrogen-bond donors (Lipinski definition) is 1. The first-order chi connectivity index (χ1) is 6.47. The molecule has 1 aliphatic carbocycles. The maximum absolute atomic E-state index is 5.73. The van der Waals surface area contributed by atoms with Gasteiger partial charge in [0.05, 0.1) is 6.10 Å². The molecule has 2 heteroatoms. The second-order valence-corrected chi connectivity index (χ2v) is 5.54. The molecule has 0 spiro atoms. The van der Waals surface area contributed by atoms with Gasteiger partial charge in [-0.05, 0) is 40.0 Å². The Balaban J connectivity index is 1.94. The van der Waals surface area contributed by atoms with Gasteiger partial charge in [-0.1, -0.05) is 12.8 Å². The van der Waals surface area contributed by atoms with Crippen molar-refractivity contribution in [3.8, 4) is 0 Å². The average molecular weight is 199 g/mol. The van der Waals surface area contributed by atoms with Crippen LogP contribution in [0.15, 0.2) is 0 Å². The summed E-state index contributed by atoms with van der Waals surface area (Å²) in [6, 6.07) is 0. The SMILES string of the molecule is CC(CNC(C)(C)C)OCCC1CC1.